The van der Waals surface area contributed by atoms with Gasteiger partial charge in [0.15, 0.2) is 6.10 Å². The van der Waals surface area contributed by atoms with Crippen LogP contribution in [0.3, 0.4) is 0 Å². The average molecular weight is 207 g/mol. The fraction of sp³-hybridized carbons (Fsp3) is 1.00. The van der Waals surface area contributed by atoms with E-state index in [2.05, 4.69) is 4.74 Å². The molecule has 80 valence electrons. The molecule has 0 amide bonds. The maximum absolute atomic E-state index is 12.0. The van der Waals surface area contributed by atoms with E-state index in [-0.39, 0.29) is 0 Å². The summed E-state index contributed by atoms with van der Waals surface area (Å²) in [6.45, 7) is -0.213. The summed E-state index contributed by atoms with van der Waals surface area (Å²) in [4.78, 5) is 0. The van der Waals surface area contributed by atoms with Gasteiger partial charge in [-0.1, -0.05) is 0 Å². The van der Waals surface area contributed by atoms with Crippen LogP contribution in [0.25, 0.3) is 0 Å². The highest BCUT2D eigenvalue weighted by molar-refractivity contribution is 4.76. The second kappa shape index (κ2) is 4.71. The third-order valence-corrected chi connectivity index (χ3v) is 1.20. The smallest absolute Gasteiger partial charge is 0.361 e. The number of rotatable bonds is 4. The van der Waals surface area contributed by atoms with E-state index in [1.54, 1.807) is 0 Å². The number of hydrogen-bond donors (Lipinski definition) is 1. The Kier molecular flexibility index (Phi) is 4.55. The van der Waals surface area contributed by atoms with Gasteiger partial charge in [-0.15, -0.1) is 0 Å². The van der Waals surface area contributed by atoms with Gasteiger partial charge in [-0.05, 0) is 6.92 Å². The van der Waals surface area contributed by atoms with Crippen molar-refractivity contribution in [1.82, 2.24) is 0 Å². The summed E-state index contributed by atoms with van der Waals surface area (Å²) in [7, 11) is 0. The first-order chi connectivity index (χ1) is 5.75. The van der Waals surface area contributed by atoms with Crippen molar-refractivity contribution in [2.75, 3.05) is 6.61 Å². The Labute approximate surface area is 71.8 Å². The lowest BCUT2D eigenvalue weighted by atomic mass is 10.2. The summed E-state index contributed by atoms with van der Waals surface area (Å²) in [5, 5.41) is 0. The maximum Gasteiger partial charge on any atom is 0.416 e. The normalized spacial score (nSPS) is 17.5. The maximum atomic E-state index is 12.0. The quantitative estimate of drug-likeness (QED) is 0.710. The molecule has 13 heavy (non-hydrogen) atoms. The Morgan fingerprint density at radius 1 is 1.31 bits per heavy atom. The van der Waals surface area contributed by atoms with Gasteiger partial charge in [0, 0.05) is 6.04 Å². The minimum atomic E-state index is -4.71. The van der Waals surface area contributed by atoms with E-state index >= 15 is 0 Å². The molecule has 0 aliphatic heterocycles. The number of hydrogen-bond acceptors (Lipinski definition) is 2. The number of alkyl halides is 5. The van der Waals surface area contributed by atoms with Crippen LogP contribution in [-0.4, -0.2) is 31.4 Å². The van der Waals surface area contributed by atoms with E-state index in [0.29, 0.717) is 0 Å². The molecule has 0 heterocycles. The summed E-state index contributed by atoms with van der Waals surface area (Å²) in [6, 6.07) is -1.36. The highest BCUT2D eigenvalue weighted by Gasteiger charge is 2.43. The van der Waals surface area contributed by atoms with E-state index in [4.69, 9.17) is 5.73 Å². The zero-order valence-electron chi connectivity index (χ0n) is 6.81. The van der Waals surface area contributed by atoms with Gasteiger partial charge in [-0.2, -0.15) is 13.2 Å². The topological polar surface area (TPSA) is 35.2 Å². The molecule has 2 nitrogen and oxygen atoms in total. The Bertz CT molecular complexity index is 146. The van der Waals surface area contributed by atoms with Crippen molar-refractivity contribution in [3.05, 3.63) is 0 Å². The molecule has 0 aromatic rings. The molecule has 0 aliphatic rings. The van der Waals surface area contributed by atoms with Gasteiger partial charge in [0.2, 0.25) is 0 Å². The molecule has 0 aliphatic carbocycles. The molecule has 2 atom stereocenters. The molecule has 0 fully saturated rings. The van der Waals surface area contributed by atoms with Crippen molar-refractivity contribution in [1.29, 1.82) is 0 Å². The molecular formula is C6H10F5NO. The predicted molar refractivity (Wildman–Crippen MR) is 35.4 cm³/mol. The summed E-state index contributed by atoms with van der Waals surface area (Å²) < 4.78 is 62.9. The lowest BCUT2D eigenvalue weighted by Crippen LogP contribution is -2.45. The van der Waals surface area contributed by atoms with Crippen LogP contribution in [0.15, 0.2) is 0 Å². The van der Waals surface area contributed by atoms with Crippen LogP contribution in [0.2, 0.25) is 0 Å². The zero-order valence-corrected chi connectivity index (χ0v) is 6.81. The monoisotopic (exact) mass is 207 g/mol. The molecule has 0 saturated carbocycles. The fourth-order valence-electron chi connectivity index (χ4n) is 0.721. The Hall–Kier alpha value is -0.430. The van der Waals surface area contributed by atoms with Crippen molar-refractivity contribution in [2.24, 2.45) is 5.73 Å². The Morgan fingerprint density at radius 3 is 2.00 bits per heavy atom. The summed E-state index contributed by atoms with van der Waals surface area (Å²) in [6.07, 6.45) is -9.96. The second-order valence-electron chi connectivity index (χ2n) is 2.55. The van der Waals surface area contributed by atoms with Crippen molar-refractivity contribution >= 4 is 0 Å². The second-order valence-corrected chi connectivity index (χ2v) is 2.55. The molecule has 2 N–H and O–H groups in total. The predicted octanol–water partition coefficient (Wildman–Crippen LogP) is 1.55. The first-order valence-electron chi connectivity index (χ1n) is 3.47. The molecule has 0 saturated heterocycles. The van der Waals surface area contributed by atoms with Gasteiger partial charge < -0.3 is 10.5 Å². The standard InChI is InChI=1S/C6H10F5NO/c1-3(12)5(6(9,10)11)13-2-4(7)8/h3-5H,2,12H2,1H3. The van der Waals surface area contributed by atoms with Gasteiger partial charge in [0.05, 0.1) is 0 Å². The van der Waals surface area contributed by atoms with Crippen LogP contribution in [0, 0.1) is 0 Å². The molecule has 2 unspecified atom stereocenters. The van der Waals surface area contributed by atoms with E-state index in [0.717, 1.165) is 6.92 Å². The number of halogens is 5. The summed E-state index contributed by atoms with van der Waals surface area (Å²) in [5.41, 5.74) is 4.92. The minimum Gasteiger partial charge on any atom is -0.361 e. The summed E-state index contributed by atoms with van der Waals surface area (Å²) >= 11 is 0. The van der Waals surface area contributed by atoms with Crippen LogP contribution >= 0.6 is 0 Å². The highest BCUT2D eigenvalue weighted by Crippen LogP contribution is 2.24. The van der Waals surface area contributed by atoms with Crippen LogP contribution in [-0.2, 0) is 4.74 Å². The fourth-order valence-corrected chi connectivity index (χ4v) is 0.721. The number of nitrogens with two attached hydrogens (primary N) is 1. The molecular weight excluding hydrogens is 197 g/mol. The van der Waals surface area contributed by atoms with E-state index in [1.807, 2.05) is 0 Å². The van der Waals surface area contributed by atoms with Gasteiger partial charge in [-0.25, -0.2) is 8.78 Å². The first kappa shape index (κ1) is 12.6. The zero-order chi connectivity index (χ0) is 10.6. The average Bonchev–Trinajstić information content (AvgIpc) is 1.81. The van der Waals surface area contributed by atoms with Gasteiger partial charge in [0.1, 0.15) is 6.61 Å². The molecule has 7 heteroatoms. The number of ether oxygens (including phenoxy) is 1. The van der Waals surface area contributed by atoms with Crippen molar-refractivity contribution in [3.8, 4) is 0 Å². The molecule has 0 aromatic heterocycles. The SMILES string of the molecule is CC(N)C(OCC(F)F)C(F)(F)F. The third kappa shape index (κ3) is 4.99. The molecule has 0 bridgehead atoms. The third-order valence-electron chi connectivity index (χ3n) is 1.20. The lowest BCUT2D eigenvalue weighted by Gasteiger charge is -2.23. The largest absolute Gasteiger partial charge is 0.416 e. The van der Waals surface area contributed by atoms with Crippen molar-refractivity contribution < 1.29 is 26.7 Å². The lowest BCUT2D eigenvalue weighted by molar-refractivity contribution is -0.231. The van der Waals surface area contributed by atoms with Crippen LogP contribution in [0.5, 0.6) is 0 Å². The molecule has 0 rings (SSSR count). The van der Waals surface area contributed by atoms with Gasteiger partial charge >= 0.3 is 6.18 Å². The first-order valence-corrected chi connectivity index (χ1v) is 3.47. The summed E-state index contributed by atoms with van der Waals surface area (Å²) in [5.74, 6) is 0. The van der Waals surface area contributed by atoms with Gasteiger partial charge in [0.25, 0.3) is 6.43 Å². The van der Waals surface area contributed by atoms with E-state index < -0.39 is 31.4 Å². The van der Waals surface area contributed by atoms with Crippen molar-refractivity contribution in [2.45, 2.75) is 31.7 Å². The molecule has 0 aromatic carbocycles. The molecule has 0 spiro atoms. The Balaban J connectivity index is 4.12. The van der Waals surface area contributed by atoms with Crippen LogP contribution in [0.4, 0.5) is 22.0 Å². The van der Waals surface area contributed by atoms with Crippen LogP contribution in [0.1, 0.15) is 6.92 Å². The Morgan fingerprint density at radius 2 is 1.77 bits per heavy atom. The van der Waals surface area contributed by atoms with E-state index in [1.165, 1.54) is 0 Å². The van der Waals surface area contributed by atoms with Crippen LogP contribution < -0.4 is 5.73 Å². The van der Waals surface area contributed by atoms with Crippen molar-refractivity contribution in [3.63, 3.8) is 0 Å². The highest BCUT2D eigenvalue weighted by atomic mass is 19.4. The van der Waals surface area contributed by atoms with Gasteiger partial charge in [-0.3, -0.25) is 0 Å². The van der Waals surface area contributed by atoms with E-state index in [9.17, 15) is 22.0 Å². The minimum absolute atomic E-state index is 1.05. The molecule has 0 radical (unpaired) electrons.